The van der Waals surface area contributed by atoms with E-state index in [1.54, 1.807) is 6.07 Å². The van der Waals surface area contributed by atoms with Crippen LogP contribution in [0.3, 0.4) is 0 Å². The minimum absolute atomic E-state index is 0.127. The number of amides is 1. The van der Waals surface area contributed by atoms with E-state index in [-0.39, 0.29) is 5.91 Å². The summed E-state index contributed by atoms with van der Waals surface area (Å²) in [4.78, 5) is 17.6. The van der Waals surface area contributed by atoms with Crippen LogP contribution >= 0.6 is 0 Å². The van der Waals surface area contributed by atoms with Gasteiger partial charge < -0.3 is 15.0 Å². The molecule has 3 aromatic rings. The van der Waals surface area contributed by atoms with Crippen LogP contribution in [0.15, 0.2) is 78.9 Å². The average molecular weight is 444 g/mol. The Hall–Kier alpha value is -3.31. The number of carbonyl (C=O) groups excluding carboxylic acids is 1. The van der Waals surface area contributed by atoms with Crippen LogP contribution in [0.4, 0.5) is 11.4 Å². The van der Waals surface area contributed by atoms with Crippen molar-refractivity contribution >= 4 is 17.3 Å². The van der Waals surface area contributed by atoms with Crippen molar-refractivity contribution in [3.8, 4) is 5.75 Å². The van der Waals surface area contributed by atoms with E-state index in [1.807, 2.05) is 30.3 Å². The van der Waals surface area contributed by atoms with Crippen molar-refractivity contribution in [1.29, 1.82) is 0 Å². The van der Waals surface area contributed by atoms with Crippen molar-refractivity contribution in [2.24, 2.45) is 0 Å². The summed E-state index contributed by atoms with van der Waals surface area (Å²) in [6, 6.07) is 26.1. The minimum Gasteiger partial charge on any atom is -0.494 e. The van der Waals surface area contributed by atoms with Crippen LogP contribution in [-0.2, 0) is 6.54 Å². The highest BCUT2D eigenvalue weighted by Gasteiger charge is 2.17. The van der Waals surface area contributed by atoms with Crippen molar-refractivity contribution in [2.45, 2.75) is 26.3 Å². The van der Waals surface area contributed by atoms with Gasteiger partial charge in [-0.25, -0.2) is 0 Å². The summed E-state index contributed by atoms with van der Waals surface area (Å²) in [6.45, 7) is 7.90. The van der Waals surface area contributed by atoms with Crippen LogP contribution in [0.1, 0.15) is 35.7 Å². The summed E-state index contributed by atoms with van der Waals surface area (Å²) < 4.78 is 5.72. The Balaban J connectivity index is 1.28. The van der Waals surface area contributed by atoms with Gasteiger partial charge in [0.2, 0.25) is 0 Å². The molecule has 4 rings (SSSR count). The lowest BCUT2D eigenvalue weighted by Crippen LogP contribution is -2.45. The van der Waals surface area contributed by atoms with E-state index in [0.717, 1.165) is 57.0 Å². The fraction of sp³-hybridized carbons (Fsp3) is 0.321. The maximum atomic E-state index is 12.7. The second kappa shape index (κ2) is 11.5. The Morgan fingerprint density at radius 2 is 1.67 bits per heavy atom. The molecule has 1 fully saturated rings. The van der Waals surface area contributed by atoms with Gasteiger partial charge in [-0.05, 0) is 54.4 Å². The van der Waals surface area contributed by atoms with Crippen LogP contribution in [0.25, 0.3) is 0 Å². The van der Waals surface area contributed by atoms with Gasteiger partial charge in [0.15, 0.2) is 0 Å². The van der Waals surface area contributed by atoms with Gasteiger partial charge in [0, 0.05) is 49.7 Å². The SMILES string of the molecule is CCCCOc1cccc(C(=O)Nc2ccc(N3CCN(Cc4ccccc4)CC3)cc2)c1. The first kappa shape index (κ1) is 22.9. The number of hydrogen-bond acceptors (Lipinski definition) is 4. The van der Waals surface area contributed by atoms with Gasteiger partial charge >= 0.3 is 0 Å². The number of rotatable bonds is 9. The number of nitrogens with zero attached hydrogens (tertiary/aromatic N) is 2. The van der Waals surface area contributed by atoms with Crippen LogP contribution in [0.2, 0.25) is 0 Å². The number of unbranched alkanes of at least 4 members (excludes halogenated alkanes) is 1. The molecule has 1 heterocycles. The maximum absolute atomic E-state index is 12.7. The van der Waals surface area contributed by atoms with E-state index in [4.69, 9.17) is 4.74 Å². The van der Waals surface area contributed by atoms with Gasteiger partial charge in [0.05, 0.1) is 6.61 Å². The lowest BCUT2D eigenvalue weighted by molar-refractivity contribution is 0.102. The van der Waals surface area contributed by atoms with E-state index in [9.17, 15) is 4.79 Å². The van der Waals surface area contributed by atoms with Crippen LogP contribution in [0.5, 0.6) is 5.75 Å². The molecule has 1 amide bonds. The summed E-state index contributed by atoms with van der Waals surface area (Å²) in [5.74, 6) is 0.607. The summed E-state index contributed by atoms with van der Waals surface area (Å²) >= 11 is 0. The minimum atomic E-state index is -0.127. The molecule has 3 aromatic carbocycles. The molecular weight excluding hydrogens is 410 g/mol. The largest absolute Gasteiger partial charge is 0.494 e. The third-order valence-corrected chi connectivity index (χ3v) is 5.97. The Labute approximate surface area is 197 Å². The van der Waals surface area contributed by atoms with Gasteiger partial charge in [-0.15, -0.1) is 0 Å². The fourth-order valence-corrected chi connectivity index (χ4v) is 4.03. The van der Waals surface area contributed by atoms with Crippen molar-refractivity contribution in [3.63, 3.8) is 0 Å². The third kappa shape index (κ3) is 6.59. The molecule has 0 spiro atoms. The zero-order valence-electron chi connectivity index (χ0n) is 19.4. The van der Waals surface area contributed by atoms with Gasteiger partial charge in [0.1, 0.15) is 5.75 Å². The first-order valence-corrected chi connectivity index (χ1v) is 11.9. The van der Waals surface area contributed by atoms with Crippen molar-refractivity contribution in [3.05, 3.63) is 90.0 Å². The molecule has 33 heavy (non-hydrogen) atoms. The number of benzene rings is 3. The molecule has 1 N–H and O–H groups in total. The highest BCUT2D eigenvalue weighted by Crippen LogP contribution is 2.21. The fourth-order valence-electron chi connectivity index (χ4n) is 4.03. The standard InChI is InChI=1S/C28H33N3O2/c1-2-3-20-33-27-11-7-10-24(21-27)28(32)29-25-12-14-26(15-13-25)31-18-16-30(17-19-31)22-23-8-5-4-6-9-23/h4-15,21H,2-3,16-20,22H2,1H3,(H,29,32). The molecule has 0 bridgehead atoms. The van der Waals surface area contributed by atoms with E-state index in [0.29, 0.717) is 12.2 Å². The van der Waals surface area contributed by atoms with Crippen LogP contribution < -0.4 is 15.0 Å². The monoisotopic (exact) mass is 443 g/mol. The Morgan fingerprint density at radius 1 is 0.909 bits per heavy atom. The van der Waals surface area contributed by atoms with Crippen molar-refractivity contribution in [2.75, 3.05) is 43.0 Å². The summed E-state index contributed by atoms with van der Waals surface area (Å²) in [5, 5.41) is 3.00. The average Bonchev–Trinajstić information content (AvgIpc) is 2.86. The normalized spacial score (nSPS) is 14.2. The lowest BCUT2D eigenvalue weighted by atomic mass is 10.1. The predicted molar refractivity (Wildman–Crippen MR) is 135 cm³/mol. The topological polar surface area (TPSA) is 44.8 Å². The molecule has 0 radical (unpaired) electrons. The molecule has 1 aliphatic heterocycles. The molecule has 5 heteroatoms. The summed E-state index contributed by atoms with van der Waals surface area (Å²) in [7, 11) is 0. The third-order valence-electron chi connectivity index (χ3n) is 5.97. The molecule has 5 nitrogen and oxygen atoms in total. The molecule has 1 aliphatic rings. The van der Waals surface area contributed by atoms with Crippen LogP contribution in [-0.4, -0.2) is 43.6 Å². The zero-order chi connectivity index (χ0) is 22.9. The number of anilines is 2. The number of ether oxygens (including phenoxy) is 1. The second-order valence-electron chi connectivity index (χ2n) is 8.48. The smallest absolute Gasteiger partial charge is 0.255 e. The molecule has 172 valence electrons. The van der Waals surface area contributed by atoms with Gasteiger partial charge in [-0.2, -0.15) is 0 Å². The van der Waals surface area contributed by atoms with Gasteiger partial charge in [0.25, 0.3) is 5.91 Å². The Morgan fingerprint density at radius 3 is 2.39 bits per heavy atom. The molecule has 0 saturated carbocycles. The van der Waals surface area contributed by atoms with E-state index < -0.39 is 0 Å². The molecular formula is C28H33N3O2. The van der Waals surface area contributed by atoms with E-state index in [1.165, 1.54) is 11.3 Å². The van der Waals surface area contributed by atoms with E-state index >= 15 is 0 Å². The molecule has 0 unspecified atom stereocenters. The number of piperazine rings is 1. The Kier molecular flexibility index (Phi) is 7.99. The molecule has 0 aromatic heterocycles. The number of hydrogen-bond donors (Lipinski definition) is 1. The van der Waals surface area contributed by atoms with Gasteiger partial charge in [-0.1, -0.05) is 49.7 Å². The second-order valence-corrected chi connectivity index (χ2v) is 8.48. The maximum Gasteiger partial charge on any atom is 0.255 e. The predicted octanol–water partition coefficient (Wildman–Crippen LogP) is 5.44. The first-order valence-electron chi connectivity index (χ1n) is 11.9. The van der Waals surface area contributed by atoms with Crippen molar-refractivity contribution < 1.29 is 9.53 Å². The first-order chi connectivity index (χ1) is 16.2. The van der Waals surface area contributed by atoms with Crippen molar-refractivity contribution in [1.82, 2.24) is 4.90 Å². The zero-order valence-corrected chi connectivity index (χ0v) is 19.4. The van der Waals surface area contributed by atoms with Crippen LogP contribution in [0, 0.1) is 0 Å². The molecule has 0 atom stereocenters. The molecule has 1 saturated heterocycles. The number of nitrogens with one attached hydrogen (secondary N) is 1. The molecule has 0 aliphatic carbocycles. The van der Waals surface area contributed by atoms with E-state index in [2.05, 4.69) is 64.5 Å². The summed E-state index contributed by atoms with van der Waals surface area (Å²) in [5.41, 5.74) is 3.95. The highest BCUT2D eigenvalue weighted by atomic mass is 16.5. The Bertz CT molecular complexity index is 1010. The lowest BCUT2D eigenvalue weighted by Gasteiger charge is -2.36. The number of carbonyl (C=O) groups is 1. The highest BCUT2D eigenvalue weighted by molar-refractivity contribution is 6.04. The quantitative estimate of drug-likeness (QED) is 0.447. The van der Waals surface area contributed by atoms with Gasteiger partial charge in [-0.3, -0.25) is 9.69 Å². The summed E-state index contributed by atoms with van der Waals surface area (Å²) in [6.07, 6.45) is 2.09.